The number of anilines is 1. The van der Waals surface area contributed by atoms with E-state index in [0.717, 1.165) is 17.7 Å². The number of aryl methyl sites for hydroxylation is 1. The number of alkyl carbamates (subject to hydrolysis) is 1. The molecule has 0 aromatic heterocycles. The number of nitrogens with one attached hydrogen (secondary N) is 1. The average Bonchev–Trinajstić information content (AvgIpc) is 3.24. The summed E-state index contributed by atoms with van der Waals surface area (Å²) in [5.41, 5.74) is 3.18. The van der Waals surface area contributed by atoms with E-state index in [-0.39, 0.29) is 30.0 Å². The summed E-state index contributed by atoms with van der Waals surface area (Å²) in [6.07, 6.45) is 0.582. The summed E-state index contributed by atoms with van der Waals surface area (Å²) in [4.78, 5) is 27.6. The number of hydrogen-bond donors (Lipinski definition) is 1. The lowest BCUT2D eigenvalue weighted by Crippen LogP contribution is -2.57. The highest BCUT2D eigenvalue weighted by molar-refractivity contribution is 6.00. The van der Waals surface area contributed by atoms with E-state index in [0.29, 0.717) is 13.0 Å². The first-order valence-corrected chi connectivity index (χ1v) is 10.3. The first-order chi connectivity index (χ1) is 13.7. The molecule has 0 aliphatic carbocycles. The molecule has 7 heteroatoms. The van der Waals surface area contributed by atoms with Gasteiger partial charge in [0.25, 0.3) is 0 Å². The molecule has 4 aliphatic rings. The standard InChI is InChI=1S/C22H28N2O5/c1-11-6-7-14(13(3)12(11)2)24-18(25)16-17-19(24)28-9-8-22(17)10-15(21(16,4)29-22)23-20(26)27-5/h6-7,15-17,19H,8-10H2,1-5H3,(H,23,26)/t15-,16-,17+,19+,21-,22+/m0/s1. The second kappa shape index (κ2) is 5.95. The fraction of sp³-hybridized carbons (Fsp3) is 0.636. The average molecular weight is 400 g/mol. The predicted octanol–water partition coefficient (Wildman–Crippen LogP) is 2.59. The van der Waals surface area contributed by atoms with E-state index in [1.54, 1.807) is 0 Å². The summed E-state index contributed by atoms with van der Waals surface area (Å²) in [6, 6.07) is 3.82. The normalized spacial score (nSPS) is 39.6. The number of ether oxygens (including phenoxy) is 3. The van der Waals surface area contributed by atoms with Crippen molar-refractivity contribution in [2.45, 2.75) is 64.0 Å². The zero-order valence-corrected chi connectivity index (χ0v) is 17.6. The molecule has 1 aromatic rings. The first-order valence-electron chi connectivity index (χ1n) is 10.3. The number of carbonyl (C=O) groups is 2. The van der Waals surface area contributed by atoms with Crippen LogP contribution in [0.25, 0.3) is 0 Å². The van der Waals surface area contributed by atoms with Crippen LogP contribution in [0.3, 0.4) is 0 Å². The van der Waals surface area contributed by atoms with Crippen LogP contribution < -0.4 is 10.2 Å². The summed E-state index contributed by atoms with van der Waals surface area (Å²) in [5.74, 6) is -0.371. The van der Waals surface area contributed by atoms with Crippen molar-refractivity contribution >= 4 is 17.7 Å². The second-order valence-corrected chi connectivity index (χ2v) is 9.12. The fourth-order valence-corrected chi connectivity index (χ4v) is 6.21. The van der Waals surface area contributed by atoms with Crippen LogP contribution in [-0.4, -0.2) is 49.2 Å². The molecule has 0 unspecified atom stereocenters. The minimum Gasteiger partial charge on any atom is -0.453 e. The topological polar surface area (TPSA) is 77.1 Å². The van der Waals surface area contributed by atoms with Gasteiger partial charge in [-0.2, -0.15) is 0 Å². The molecule has 4 fully saturated rings. The Morgan fingerprint density at radius 1 is 1.28 bits per heavy atom. The number of amides is 2. The number of benzene rings is 1. The zero-order chi connectivity index (χ0) is 20.7. The van der Waals surface area contributed by atoms with Crippen molar-refractivity contribution in [2.24, 2.45) is 11.8 Å². The third-order valence-corrected chi connectivity index (χ3v) is 7.89. The Morgan fingerprint density at radius 3 is 2.76 bits per heavy atom. The van der Waals surface area contributed by atoms with Gasteiger partial charge in [0.1, 0.15) is 6.23 Å². The van der Waals surface area contributed by atoms with Crippen LogP contribution >= 0.6 is 0 Å². The third-order valence-electron chi connectivity index (χ3n) is 7.89. The van der Waals surface area contributed by atoms with Crippen LogP contribution in [-0.2, 0) is 19.0 Å². The van der Waals surface area contributed by atoms with Gasteiger partial charge >= 0.3 is 6.09 Å². The van der Waals surface area contributed by atoms with Gasteiger partial charge in [-0.25, -0.2) is 4.79 Å². The van der Waals surface area contributed by atoms with E-state index in [1.807, 2.05) is 17.9 Å². The number of hydrogen-bond acceptors (Lipinski definition) is 5. The van der Waals surface area contributed by atoms with Crippen LogP contribution in [0.2, 0.25) is 0 Å². The molecule has 156 valence electrons. The molecule has 0 saturated carbocycles. The summed E-state index contributed by atoms with van der Waals surface area (Å²) in [6.45, 7) is 8.71. The van der Waals surface area contributed by atoms with Crippen LogP contribution in [0.1, 0.15) is 36.5 Å². The number of rotatable bonds is 2. The van der Waals surface area contributed by atoms with Crippen molar-refractivity contribution < 1.29 is 23.8 Å². The quantitative estimate of drug-likeness (QED) is 0.826. The maximum Gasteiger partial charge on any atom is 0.407 e. The van der Waals surface area contributed by atoms with Gasteiger partial charge in [-0.1, -0.05) is 6.07 Å². The molecule has 2 amide bonds. The highest BCUT2D eigenvalue weighted by Crippen LogP contribution is 2.65. The highest BCUT2D eigenvalue weighted by Gasteiger charge is 2.78. The van der Waals surface area contributed by atoms with Crippen molar-refractivity contribution in [2.75, 3.05) is 18.6 Å². The van der Waals surface area contributed by atoms with Crippen molar-refractivity contribution in [1.82, 2.24) is 5.32 Å². The molecular formula is C22H28N2O5. The zero-order valence-electron chi connectivity index (χ0n) is 17.6. The molecule has 29 heavy (non-hydrogen) atoms. The molecular weight excluding hydrogens is 372 g/mol. The Bertz CT molecular complexity index is 917. The smallest absolute Gasteiger partial charge is 0.407 e. The number of fused-ring (bicyclic) bond motifs is 2. The van der Waals surface area contributed by atoms with E-state index in [1.165, 1.54) is 18.2 Å². The lowest BCUT2D eigenvalue weighted by atomic mass is 9.64. The Morgan fingerprint density at radius 2 is 2.03 bits per heavy atom. The molecule has 0 radical (unpaired) electrons. The molecule has 5 rings (SSSR count). The SMILES string of the molecule is COC(=O)N[C@H]1C[C@]23CCO[C@@H]4[C@H]2[C@@H](C(=O)N4c2ccc(C)c(C)c2C)[C@@]1(C)O3. The predicted molar refractivity (Wildman–Crippen MR) is 106 cm³/mol. The van der Waals surface area contributed by atoms with E-state index in [2.05, 4.69) is 32.2 Å². The fourth-order valence-electron chi connectivity index (χ4n) is 6.21. The maximum absolute atomic E-state index is 13.8. The third kappa shape index (κ3) is 2.26. The van der Waals surface area contributed by atoms with Crippen LogP contribution in [0.5, 0.6) is 0 Å². The van der Waals surface area contributed by atoms with Crippen molar-refractivity contribution in [1.29, 1.82) is 0 Å². The van der Waals surface area contributed by atoms with Crippen LogP contribution in [0.4, 0.5) is 10.5 Å². The Balaban J connectivity index is 1.58. The van der Waals surface area contributed by atoms with Gasteiger partial charge in [-0.3, -0.25) is 9.69 Å². The molecule has 1 spiro atoms. The van der Waals surface area contributed by atoms with Gasteiger partial charge in [0.2, 0.25) is 5.91 Å². The van der Waals surface area contributed by atoms with Gasteiger partial charge in [0.15, 0.2) is 0 Å². The van der Waals surface area contributed by atoms with E-state index >= 15 is 0 Å². The first kappa shape index (κ1) is 18.9. The van der Waals surface area contributed by atoms with Gasteiger partial charge in [0, 0.05) is 24.4 Å². The Hall–Kier alpha value is -2.12. The van der Waals surface area contributed by atoms with Gasteiger partial charge in [-0.15, -0.1) is 0 Å². The molecule has 4 heterocycles. The van der Waals surface area contributed by atoms with Crippen molar-refractivity contribution in [3.63, 3.8) is 0 Å². The number of carbonyl (C=O) groups excluding carboxylic acids is 2. The van der Waals surface area contributed by atoms with Crippen LogP contribution in [0.15, 0.2) is 12.1 Å². The monoisotopic (exact) mass is 400 g/mol. The number of methoxy groups -OCH3 is 1. The Labute approximate surface area is 170 Å². The lowest BCUT2D eigenvalue weighted by Gasteiger charge is -2.43. The maximum atomic E-state index is 13.8. The minimum atomic E-state index is -0.774. The van der Waals surface area contributed by atoms with E-state index < -0.39 is 17.3 Å². The molecule has 6 atom stereocenters. The molecule has 1 aromatic carbocycles. The van der Waals surface area contributed by atoms with Gasteiger partial charge in [0.05, 0.1) is 36.9 Å². The van der Waals surface area contributed by atoms with Gasteiger partial charge in [-0.05, 0) is 50.5 Å². The Kier molecular flexibility index (Phi) is 3.87. The molecule has 1 N–H and O–H groups in total. The number of nitrogens with zero attached hydrogens (tertiary/aromatic N) is 1. The largest absolute Gasteiger partial charge is 0.453 e. The summed E-state index contributed by atoms with van der Waals surface area (Å²) in [5, 5.41) is 2.92. The summed E-state index contributed by atoms with van der Waals surface area (Å²) < 4.78 is 17.6. The summed E-state index contributed by atoms with van der Waals surface area (Å²) >= 11 is 0. The van der Waals surface area contributed by atoms with E-state index in [9.17, 15) is 9.59 Å². The molecule has 7 nitrogen and oxygen atoms in total. The lowest BCUT2D eigenvalue weighted by molar-refractivity contribution is -0.139. The highest BCUT2D eigenvalue weighted by atomic mass is 16.6. The molecule has 4 saturated heterocycles. The van der Waals surface area contributed by atoms with Crippen LogP contribution in [0, 0.1) is 32.6 Å². The van der Waals surface area contributed by atoms with Gasteiger partial charge < -0.3 is 19.5 Å². The minimum absolute atomic E-state index is 0.0222. The summed E-state index contributed by atoms with van der Waals surface area (Å²) in [7, 11) is 1.35. The molecule has 2 bridgehead atoms. The van der Waals surface area contributed by atoms with E-state index in [4.69, 9.17) is 14.2 Å². The second-order valence-electron chi connectivity index (χ2n) is 9.12. The molecule has 4 aliphatic heterocycles. The van der Waals surface area contributed by atoms with Crippen molar-refractivity contribution in [3.8, 4) is 0 Å². The van der Waals surface area contributed by atoms with Crippen molar-refractivity contribution in [3.05, 3.63) is 28.8 Å².